The minimum Gasteiger partial charge on any atom is -0.355 e. The van der Waals surface area contributed by atoms with Crippen LogP contribution in [0.5, 0.6) is 0 Å². The fourth-order valence-electron chi connectivity index (χ4n) is 2.05. The number of halogens is 1. The average molecular weight is 368 g/mol. The maximum absolute atomic E-state index is 12.2. The van der Waals surface area contributed by atoms with E-state index in [1.165, 1.54) is 6.92 Å². The first-order chi connectivity index (χ1) is 10.4. The third-order valence-electron chi connectivity index (χ3n) is 3.06. The van der Waals surface area contributed by atoms with Gasteiger partial charge in [-0.1, -0.05) is 15.9 Å². The Morgan fingerprint density at radius 3 is 2.41 bits per heavy atom. The molecule has 1 aromatic carbocycles. The van der Waals surface area contributed by atoms with Crippen molar-refractivity contribution in [1.82, 2.24) is 15.5 Å². The molecule has 2 rings (SSSR count). The first kappa shape index (κ1) is 16.2. The first-order valence-electron chi connectivity index (χ1n) is 6.57. The van der Waals surface area contributed by atoms with Crippen molar-refractivity contribution in [2.45, 2.75) is 6.92 Å². The number of imide groups is 1. The quantitative estimate of drug-likeness (QED) is 0.577. The van der Waals surface area contributed by atoms with E-state index in [-0.39, 0.29) is 31.1 Å². The predicted octanol–water partition coefficient (Wildman–Crippen LogP) is 0.297. The Labute approximate surface area is 135 Å². The van der Waals surface area contributed by atoms with Gasteiger partial charge in [0.2, 0.25) is 11.8 Å². The number of rotatable bonds is 5. The zero-order valence-corrected chi connectivity index (χ0v) is 13.4. The lowest BCUT2D eigenvalue weighted by Gasteiger charge is -2.13. The number of benzene rings is 1. The highest BCUT2D eigenvalue weighted by molar-refractivity contribution is 9.10. The number of amides is 4. The number of carbonyl (C=O) groups excluding carboxylic acids is 4. The van der Waals surface area contributed by atoms with Gasteiger partial charge in [-0.2, -0.15) is 0 Å². The topological polar surface area (TPSA) is 95.6 Å². The zero-order valence-electron chi connectivity index (χ0n) is 11.8. The minimum atomic E-state index is -0.488. The summed E-state index contributed by atoms with van der Waals surface area (Å²) in [5.74, 6) is -1.62. The van der Waals surface area contributed by atoms with Crippen LogP contribution in [-0.2, 0) is 9.59 Å². The van der Waals surface area contributed by atoms with Crippen molar-refractivity contribution < 1.29 is 19.2 Å². The minimum absolute atomic E-state index is 0.194. The molecule has 1 heterocycles. The van der Waals surface area contributed by atoms with Crippen LogP contribution >= 0.6 is 15.9 Å². The van der Waals surface area contributed by atoms with Gasteiger partial charge in [-0.15, -0.1) is 0 Å². The Hall–Kier alpha value is -2.22. The number of hydrogen-bond acceptors (Lipinski definition) is 4. The molecule has 8 heteroatoms. The summed E-state index contributed by atoms with van der Waals surface area (Å²) in [7, 11) is 0. The lowest BCUT2D eigenvalue weighted by atomic mass is 10.1. The molecular formula is C14H14BrN3O4. The standard InChI is InChI=1S/C14H14BrN3O4/c1-8(19)16-4-5-17-12(20)7-18-13(21)10-3-2-9(15)6-11(10)14(18)22/h2-3,6H,4-5,7H2,1H3,(H,16,19)(H,17,20). The normalized spacial score (nSPS) is 13.1. The van der Waals surface area contributed by atoms with E-state index in [1.807, 2.05) is 0 Å². The zero-order chi connectivity index (χ0) is 16.3. The van der Waals surface area contributed by atoms with E-state index in [9.17, 15) is 19.2 Å². The molecule has 0 saturated carbocycles. The van der Waals surface area contributed by atoms with Crippen molar-refractivity contribution >= 4 is 39.6 Å². The molecule has 1 aliphatic heterocycles. The summed E-state index contributed by atoms with van der Waals surface area (Å²) in [6.45, 7) is 1.55. The summed E-state index contributed by atoms with van der Waals surface area (Å²) in [4.78, 5) is 47.6. The van der Waals surface area contributed by atoms with Gasteiger partial charge in [-0.3, -0.25) is 24.1 Å². The Morgan fingerprint density at radius 1 is 1.09 bits per heavy atom. The van der Waals surface area contributed by atoms with Crippen LogP contribution in [0.15, 0.2) is 22.7 Å². The summed E-state index contributed by atoms with van der Waals surface area (Å²) in [6, 6.07) is 4.78. The van der Waals surface area contributed by atoms with Crippen LogP contribution in [0.3, 0.4) is 0 Å². The van der Waals surface area contributed by atoms with Crippen molar-refractivity contribution in [3.63, 3.8) is 0 Å². The van der Waals surface area contributed by atoms with Crippen LogP contribution < -0.4 is 10.6 Å². The van der Waals surface area contributed by atoms with Crippen molar-refractivity contribution in [3.8, 4) is 0 Å². The van der Waals surface area contributed by atoms with Crippen LogP contribution in [0.25, 0.3) is 0 Å². The SMILES string of the molecule is CC(=O)NCCNC(=O)CN1C(=O)c2ccc(Br)cc2C1=O. The first-order valence-corrected chi connectivity index (χ1v) is 7.36. The predicted molar refractivity (Wildman–Crippen MR) is 81.2 cm³/mol. The van der Waals surface area contributed by atoms with Gasteiger partial charge in [-0.05, 0) is 18.2 Å². The molecule has 1 aromatic rings. The number of fused-ring (bicyclic) bond motifs is 1. The molecule has 22 heavy (non-hydrogen) atoms. The second-order valence-electron chi connectivity index (χ2n) is 4.72. The molecule has 0 aromatic heterocycles. The molecule has 7 nitrogen and oxygen atoms in total. The van der Waals surface area contributed by atoms with Gasteiger partial charge in [0.25, 0.3) is 11.8 Å². The van der Waals surface area contributed by atoms with Crippen LogP contribution in [-0.4, -0.2) is 48.2 Å². The Morgan fingerprint density at radius 2 is 1.73 bits per heavy atom. The third-order valence-corrected chi connectivity index (χ3v) is 3.55. The fourth-order valence-corrected chi connectivity index (χ4v) is 2.41. The second-order valence-corrected chi connectivity index (χ2v) is 5.63. The average Bonchev–Trinajstić information content (AvgIpc) is 2.68. The van der Waals surface area contributed by atoms with E-state index in [0.717, 1.165) is 4.90 Å². The maximum atomic E-state index is 12.2. The molecule has 0 atom stereocenters. The van der Waals surface area contributed by atoms with Gasteiger partial charge in [0.15, 0.2) is 0 Å². The summed E-state index contributed by atoms with van der Waals surface area (Å²) in [5, 5.41) is 5.06. The third kappa shape index (κ3) is 3.51. The van der Waals surface area contributed by atoms with Gasteiger partial charge in [0.05, 0.1) is 11.1 Å². The fraction of sp³-hybridized carbons (Fsp3) is 0.286. The number of hydrogen-bond donors (Lipinski definition) is 2. The summed E-state index contributed by atoms with van der Waals surface area (Å²) < 4.78 is 0.689. The van der Waals surface area contributed by atoms with Crippen LogP contribution in [0.2, 0.25) is 0 Å². The van der Waals surface area contributed by atoms with Gasteiger partial charge in [-0.25, -0.2) is 0 Å². The molecule has 0 saturated heterocycles. The molecule has 4 amide bonds. The largest absolute Gasteiger partial charge is 0.355 e. The van der Waals surface area contributed by atoms with Gasteiger partial charge < -0.3 is 10.6 Å². The molecule has 0 unspecified atom stereocenters. The van der Waals surface area contributed by atoms with Gasteiger partial charge in [0, 0.05) is 24.5 Å². The monoisotopic (exact) mass is 367 g/mol. The molecule has 0 spiro atoms. The summed E-state index contributed by atoms with van der Waals surface area (Å²) in [5.41, 5.74) is 0.574. The van der Waals surface area contributed by atoms with Crippen molar-refractivity contribution in [2.24, 2.45) is 0 Å². The van der Waals surface area contributed by atoms with Gasteiger partial charge in [0.1, 0.15) is 6.54 Å². The Kier molecular flexibility index (Phi) is 4.92. The van der Waals surface area contributed by atoms with E-state index < -0.39 is 17.7 Å². The van der Waals surface area contributed by atoms with Gasteiger partial charge >= 0.3 is 0 Å². The van der Waals surface area contributed by atoms with Crippen LogP contribution in [0.1, 0.15) is 27.6 Å². The molecule has 2 N–H and O–H groups in total. The van der Waals surface area contributed by atoms with Crippen molar-refractivity contribution in [1.29, 1.82) is 0 Å². The lowest BCUT2D eigenvalue weighted by Crippen LogP contribution is -2.42. The Balaban J connectivity index is 1.94. The molecule has 1 aliphatic rings. The number of carbonyl (C=O) groups is 4. The Bertz CT molecular complexity index is 659. The highest BCUT2D eigenvalue weighted by atomic mass is 79.9. The van der Waals surface area contributed by atoms with E-state index >= 15 is 0 Å². The molecule has 0 fully saturated rings. The highest BCUT2D eigenvalue weighted by Gasteiger charge is 2.36. The van der Waals surface area contributed by atoms with E-state index in [2.05, 4.69) is 26.6 Å². The highest BCUT2D eigenvalue weighted by Crippen LogP contribution is 2.25. The maximum Gasteiger partial charge on any atom is 0.262 e. The van der Waals surface area contributed by atoms with E-state index in [0.29, 0.717) is 10.0 Å². The molecule has 0 radical (unpaired) electrons. The van der Waals surface area contributed by atoms with Crippen LogP contribution in [0, 0.1) is 0 Å². The second kappa shape index (κ2) is 6.69. The van der Waals surface area contributed by atoms with Crippen molar-refractivity contribution in [2.75, 3.05) is 19.6 Å². The number of nitrogens with one attached hydrogen (secondary N) is 2. The lowest BCUT2D eigenvalue weighted by molar-refractivity contribution is -0.122. The van der Waals surface area contributed by atoms with E-state index in [4.69, 9.17) is 0 Å². The number of nitrogens with zero attached hydrogens (tertiary/aromatic N) is 1. The summed E-state index contributed by atoms with van der Waals surface area (Å²) in [6.07, 6.45) is 0. The molecule has 0 bridgehead atoms. The van der Waals surface area contributed by atoms with Crippen LogP contribution in [0.4, 0.5) is 0 Å². The summed E-state index contributed by atoms with van der Waals surface area (Å²) >= 11 is 3.24. The molecule has 0 aliphatic carbocycles. The van der Waals surface area contributed by atoms with E-state index in [1.54, 1.807) is 18.2 Å². The molecular weight excluding hydrogens is 354 g/mol. The smallest absolute Gasteiger partial charge is 0.262 e. The molecule has 116 valence electrons. The van der Waals surface area contributed by atoms with Crippen molar-refractivity contribution in [3.05, 3.63) is 33.8 Å².